The molecule has 1 aromatic heterocycles. The maximum atomic E-state index is 12.5. The van der Waals surface area contributed by atoms with Crippen molar-refractivity contribution in [1.82, 2.24) is 9.55 Å². The topological polar surface area (TPSA) is 90.1 Å². The minimum absolute atomic E-state index is 0.147. The van der Waals surface area contributed by atoms with Crippen LogP contribution in [0.15, 0.2) is 54.9 Å². The third-order valence-electron chi connectivity index (χ3n) is 4.12. The summed E-state index contributed by atoms with van der Waals surface area (Å²) >= 11 is 5.86. The predicted molar refractivity (Wildman–Crippen MR) is 103 cm³/mol. The Hall–Kier alpha value is -3.19. The Morgan fingerprint density at radius 1 is 1.26 bits per heavy atom. The zero-order valence-corrected chi connectivity index (χ0v) is 15.3. The molecule has 0 fully saturated rings. The molecule has 3 rings (SSSR count). The molecule has 0 aliphatic rings. The summed E-state index contributed by atoms with van der Waals surface area (Å²) in [6.45, 7) is 0.509. The lowest BCUT2D eigenvalue weighted by molar-refractivity contribution is -0.384. The molecule has 0 saturated carbocycles. The summed E-state index contributed by atoms with van der Waals surface area (Å²) in [6.07, 6.45) is 3.84. The molecular formula is C19H17ClN4O3. The second-order valence-corrected chi connectivity index (χ2v) is 6.42. The van der Waals surface area contributed by atoms with Crippen LogP contribution in [0.3, 0.4) is 0 Å². The van der Waals surface area contributed by atoms with E-state index < -0.39 is 4.92 Å². The van der Waals surface area contributed by atoms with Crippen LogP contribution in [0.1, 0.15) is 21.7 Å². The molecule has 0 amide bonds. The molecule has 0 radical (unpaired) electrons. The summed E-state index contributed by atoms with van der Waals surface area (Å²) in [4.78, 5) is 27.4. The molecule has 0 spiro atoms. The molecule has 0 atom stereocenters. The van der Waals surface area contributed by atoms with E-state index >= 15 is 0 Å². The third-order valence-corrected chi connectivity index (χ3v) is 4.38. The minimum atomic E-state index is -0.500. The highest BCUT2D eigenvalue weighted by atomic mass is 35.5. The monoisotopic (exact) mass is 384 g/mol. The number of nitro benzene ring substituents is 1. The number of anilines is 1. The fourth-order valence-corrected chi connectivity index (χ4v) is 2.81. The van der Waals surface area contributed by atoms with Crippen LogP contribution in [0.25, 0.3) is 0 Å². The highest BCUT2D eigenvalue weighted by Crippen LogP contribution is 2.26. The highest BCUT2D eigenvalue weighted by Gasteiger charge is 2.20. The molecule has 138 valence electrons. The lowest BCUT2D eigenvalue weighted by atomic mass is 10.1. The predicted octanol–water partition coefficient (Wildman–Crippen LogP) is 3.87. The fourth-order valence-electron chi connectivity index (χ4n) is 2.68. The Kier molecular flexibility index (Phi) is 5.52. The number of nitrogens with zero attached hydrogens (tertiary/aromatic N) is 3. The molecule has 0 aliphatic heterocycles. The summed E-state index contributed by atoms with van der Waals surface area (Å²) in [6, 6.07) is 11.8. The van der Waals surface area contributed by atoms with Crippen LogP contribution in [0.4, 0.5) is 11.4 Å². The maximum Gasteiger partial charge on any atom is 0.293 e. The molecular weight excluding hydrogens is 368 g/mol. The van der Waals surface area contributed by atoms with Gasteiger partial charge in [-0.3, -0.25) is 14.9 Å². The van der Waals surface area contributed by atoms with E-state index in [1.54, 1.807) is 42.1 Å². The summed E-state index contributed by atoms with van der Waals surface area (Å²) in [5.74, 6) is -0.133. The van der Waals surface area contributed by atoms with Gasteiger partial charge in [0.2, 0.25) is 5.78 Å². The van der Waals surface area contributed by atoms with Crippen molar-refractivity contribution in [2.24, 2.45) is 7.05 Å². The second kappa shape index (κ2) is 8.01. The first-order valence-electron chi connectivity index (χ1n) is 8.24. The zero-order chi connectivity index (χ0) is 19.4. The number of carbonyl (C=O) groups is 1. The van der Waals surface area contributed by atoms with Crippen molar-refractivity contribution < 1.29 is 9.72 Å². The van der Waals surface area contributed by atoms with Crippen LogP contribution in [-0.2, 0) is 13.5 Å². The van der Waals surface area contributed by atoms with Crippen LogP contribution < -0.4 is 5.32 Å². The highest BCUT2D eigenvalue weighted by molar-refractivity contribution is 6.30. The number of aryl methyl sites for hydroxylation is 1. The number of nitrogens with one attached hydrogen (secondary N) is 1. The minimum Gasteiger partial charge on any atom is -0.379 e. The van der Waals surface area contributed by atoms with Gasteiger partial charge in [-0.15, -0.1) is 0 Å². The van der Waals surface area contributed by atoms with Gasteiger partial charge in [0.15, 0.2) is 5.82 Å². The fraction of sp³-hybridized carbons (Fsp3) is 0.158. The second-order valence-electron chi connectivity index (χ2n) is 5.98. The van der Waals surface area contributed by atoms with E-state index in [9.17, 15) is 14.9 Å². The van der Waals surface area contributed by atoms with Gasteiger partial charge in [-0.2, -0.15) is 0 Å². The molecule has 1 heterocycles. The lowest BCUT2D eigenvalue weighted by Gasteiger charge is -2.09. The number of hydrogen-bond donors (Lipinski definition) is 1. The molecule has 8 heteroatoms. The van der Waals surface area contributed by atoms with Gasteiger partial charge in [0.1, 0.15) is 5.69 Å². The third kappa shape index (κ3) is 4.32. The van der Waals surface area contributed by atoms with Crippen LogP contribution in [0.2, 0.25) is 5.02 Å². The standard InChI is InChI=1S/C19H17ClN4O3/c1-23-11-10-22-19(23)18(25)14-4-7-16(17(12-14)24(26)27)21-9-8-13-2-5-15(20)6-3-13/h2-7,10-12,21H,8-9H2,1H3. The van der Waals surface area contributed by atoms with Gasteiger partial charge >= 0.3 is 0 Å². The smallest absolute Gasteiger partial charge is 0.293 e. The summed E-state index contributed by atoms with van der Waals surface area (Å²) < 4.78 is 1.58. The molecule has 2 aromatic carbocycles. The van der Waals surface area contributed by atoms with E-state index in [0.29, 0.717) is 23.7 Å². The van der Waals surface area contributed by atoms with E-state index in [0.717, 1.165) is 5.56 Å². The van der Waals surface area contributed by atoms with Crippen molar-refractivity contribution in [1.29, 1.82) is 0 Å². The van der Waals surface area contributed by atoms with Crippen LogP contribution >= 0.6 is 11.6 Å². The number of ketones is 1. The summed E-state index contributed by atoms with van der Waals surface area (Å²) in [5, 5.41) is 15.2. The van der Waals surface area contributed by atoms with Gasteiger partial charge in [-0.05, 0) is 36.2 Å². The molecule has 1 N–H and O–H groups in total. The Balaban J connectivity index is 1.75. The first-order valence-corrected chi connectivity index (χ1v) is 8.62. The van der Waals surface area contributed by atoms with Crippen molar-refractivity contribution in [3.63, 3.8) is 0 Å². The van der Waals surface area contributed by atoms with Crippen LogP contribution in [-0.4, -0.2) is 26.8 Å². The molecule has 3 aromatic rings. The summed E-state index contributed by atoms with van der Waals surface area (Å²) in [7, 11) is 1.70. The maximum absolute atomic E-state index is 12.5. The molecule has 7 nitrogen and oxygen atoms in total. The molecule has 0 bridgehead atoms. The van der Waals surface area contributed by atoms with Crippen molar-refractivity contribution in [3.05, 3.63) is 86.9 Å². The average Bonchev–Trinajstić information content (AvgIpc) is 3.08. The van der Waals surface area contributed by atoms with Crippen molar-refractivity contribution >= 4 is 28.8 Å². The molecule has 0 unspecified atom stereocenters. The van der Waals surface area contributed by atoms with Crippen LogP contribution in [0, 0.1) is 10.1 Å². The van der Waals surface area contributed by atoms with E-state index in [-0.39, 0.29) is 22.9 Å². The van der Waals surface area contributed by atoms with E-state index in [4.69, 9.17) is 11.6 Å². The Morgan fingerprint density at radius 3 is 2.63 bits per heavy atom. The molecule has 27 heavy (non-hydrogen) atoms. The normalized spacial score (nSPS) is 10.6. The number of carbonyl (C=O) groups excluding carboxylic acids is 1. The van der Waals surface area contributed by atoms with E-state index in [1.807, 2.05) is 12.1 Å². The Labute approximate surface area is 160 Å². The number of hydrogen-bond acceptors (Lipinski definition) is 5. The molecule has 0 saturated heterocycles. The number of benzene rings is 2. The first-order chi connectivity index (χ1) is 13.0. The SMILES string of the molecule is Cn1ccnc1C(=O)c1ccc(NCCc2ccc(Cl)cc2)c([N+](=O)[O-])c1. The van der Waals surface area contributed by atoms with Crippen molar-refractivity contribution in [3.8, 4) is 0 Å². The van der Waals surface area contributed by atoms with Crippen molar-refractivity contribution in [2.75, 3.05) is 11.9 Å². The summed E-state index contributed by atoms with van der Waals surface area (Å²) in [5.41, 5.74) is 1.51. The Morgan fingerprint density at radius 2 is 2.00 bits per heavy atom. The van der Waals surface area contributed by atoms with Gasteiger partial charge < -0.3 is 9.88 Å². The number of imidazole rings is 1. The molecule has 0 aliphatic carbocycles. The Bertz CT molecular complexity index is 983. The van der Waals surface area contributed by atoms with E-state index in [2.05, 4.69) is 10.3 Å². The van der Waals surface area contributed by atoms with Crippen molar-refractivity contribution in [2.45, 2.75) is 6.42 Å². The number of halogens is 1. The van der Waals surface area contributed by atoms with Gasteiger partial charge in [0, 0.05) is 42.6 Å². The van der Waals surface area contributed by atoms with E-state index in [1.165, 1.54) is 12.3 Å². The first kappa shape index (κ1) is 18.6. The van der Waals surface area contributed by atoms with Gasteiger partial charge in [-0.25, -0.2) is 4.98 Å². The number of rotatable bonds is 7. The number of aromatic nitrogens is 2. The number of nitro groups is 1. The average molecular weight is 385 g/mol. The van der Waals surface area contributed by atoms with Crippen LogP contribution in [0.5, 0.6) is 0 Å². The van der Waals surface area contributed by atoms with Gasteiger partial charge in [0.25, 0.3) is 5.69 Å². The quantitative estimate of drug-likeness (QED) is 0.379. The van der Waals surface area contributed by atoms with Gasteiger partial charge in [0.05, 0.1) is 4.92 Å². The lowest BCUT2D eigenvalue weighted by Crippen LogP contribution is -2.11. The largest absolute Gasteiger partial charge is 0.379 e. The van der Waals surface area contributed by atoms with Gasteiger partial charge in [-0.1, -0.05) is 23.7 Å². The zero-order valence-electron chi connectivity index (χ0n) is 14.6.